The second-order valence-corrected chi connectivity index (χ2v) is 5.45. The van der Waals surface area contributed by atoms with E-state index in [9.17, 15) is 14.3 Å². The molecule has 1 aliphatic rings. The van der Waals surface area contributed by atoms with Crippen LogP contribution < -0.4 is 10.6 Å². The number of aromatic hydroxyl groups is 1. The van der Waals surface area contributed by atoms with Crippen molar-refractivity contribution in [2.75, 3.05) is 6.61 Å². The number of phenolic OH excluding ortho intramolecular Hbond substituents is 1. The quantitative estimate of drug-likeness (QED) is 0.685. The first-order valence-corrected chi connectivity index (χ1v) is 7.22. The number of phenols is 1. The van der Waals surface area contributed by atoms with E-state index in [1.54, 1.807) is 6.07 Å². The third-order valence-corrected chi connectivity index (χ3v) is 3.93. The summed E-state index contributed by atoms with van der Waals surface area (Å²) in [7, 11) is 0. The summed E-state index contributed by atoms with van der Waals surface area (Å²) in [5, 5.41) is 23.9. The van der Waals surface area contributed by atoms with E-state index in [0.717, 1.165) is 25.7 Å². The molecule has 2 unspecified atom stereocenters. The molecule has 0 heterocycles. The minimum atomic E-state index is -0.706. The van der Waals surface area contributed by atoms with Crippen molar-refractivity contribution in [2.24, 2.45) is 5.92 Å². The fourth-order valence-electron chi connectivity index (χ4n) is 2.68. The first kappa shape index (κ1) is 15.6. The Balaban J connectivity index is 1.82. The number of halogens is 1. The van der Waals surface area contributed by atoms with Gasteiger partial charge in [0.1, 0.15) is 0 Å². The molecular weight excluding hydrogens is 275 g/mol. The molecule has 1 saturated carbocycles. The molecular formula is C15H21FN2O3. The van der Waals surface area contributed by atoms with Crippen molar-refractivity contribution < 1.29 is 19.4 Å². The number of urea groups is 1. The second kappa shape index (κ2) is 7.26. The van der Waals surface area contributed by atoms with E-state index < -0.39 is 11.6 Å². The molecule has 1 fully saturated rings. The Bertz CT molecular complexity index is 496. The molecule has 2 amide bonds. The maximum atomic E-state index is 13.2. The highest BCUT2D eigenvalue weighted by atomic mass is 19.1. The summed E-state index contributed by atoms with van der Waals surface area (Å²) in [6.45, 7) is 0.258. The van der Waals surface area contributed by atoms with Crippen molar-refractivity contribution in [1.29, 1.82) is 0 Å². The molecule has 1 aromatic carbocycles. The lowest BCUT2D eigenvalue weighted by atomic mass is 9.85. The van der Waals surface area contributed by atoms with E-state index in [2.05, 4.69) is 10.6 Å². The Hall–Kier alpha value is -1.82. The molecule has 0 radical (unpaired) electrons. The van der Waals surface area contributed by atoms with Crippen LogP contribution in [-0.2, 0) is 6.54 Å². The van der Waals surface area contributed by atoms with E-state index in [1.165, 1.54) is 12.1 Å². The van der Waals surface area contributed by atoms with Gasteiger partial charge in [0, 0.05) is 25.1 Å². The average Bonchev–Trinajstić information content (AvgIpc) is 2.49. The summed E-state index contributed by atoms with van der Waals surface area (Å²) in [6.07, 6.45) is 3.92. The number of hydrogen-bond donors (Lipinski definition) is 4. The van der Waals surface area contributed by atoms with Crippen LogP contribution in [0.5, 0.6) is 5.75 Å². The zero-order valence-corrected chi connectivity index (χ0v) is 11.8. The topological polar surface area (TPSA) is 81.6 Å². The largest absolute Gasteiger partial charge is 0.505 e. The number of hydrogen-bond acceptors (Lipinski definition) is 3. The highest BCUT2D eigenvalue weighted by molar-refractivity contribution is 5.74. The Morgan fingerprint density at radius 3 is 2.81 bits per heavy atom. The molecule has 1 aromatic rings. The van der Waals surface area contributed by atoms with Gasteiger partial charge in [0.25, 0.3) is 0 Å². The Morgan fingerprint density at radius 1 is 1.33 bits per heavy atom. The number of nitrogens with one attached hydrogen (secondary N) is 2. The van der Waals surface area contributed by atoms with Crippen molar-refractivity contribution in [3.63, 3.8) is 0 Å². The van der Waals surface area contributed by atoms with Gasteiger partial charge in [-0.05, 0) is 30.5 Å². The van der Waals surface area contributed by atoms with Crippen molar-refractivity contribution in [1.82, 2.24) is 10.6 Å². The van der Waals surface area contributed by atoms with Gasteiger partial charge in [-0.2, -0.15) is 0 Å². The van der Waals surface area contributed by atoms with Crippen molar-refractivity contribution in [3.8, 4) is 5.75 Å². The molecule has 0 spiro atoms. The number of amides is 2. The van der Waals surface area contributed by atoms with Gasteiger partial charge in [0.05, 0.1) is 0 Å². The smallest absolute Gasteiger partial charge is 0.315 e. The zero-order chi connectivity index (χ0) is 15.2. The summed E-state index contributed by atoms with van der Waals surface area (Å²) in [5.74, 6) is -1.01. The van der Waals surface area contributed by atoms with Crippen molar-refractivity contribution in [3.05, 3.63) is 29.6 Å². The van der Waals surface area contributed by atoms with Gasteiger partial charge in [-0.15, -0.1) is 0 Å². The first-order valence-electron chi connectivity index (χ1n) is 7.22. The zero-order valence-electron chi connectivity index (χ0n) is 11.8. The van der Waals surface area contributed by atoms with Crippen molar-refractivity contribution in [2.45, 2.75) is 38.3 Å². The predicted octanol–water partition coefficient (Wildman–Crippen LogP) is 1.88. The Labute approximate surface area is 123 Å². The maximum absolute atomic E-state index is 13.2. The van der Waals surface area contributed by atoms with E-state index in [1.807, 2.05) is 0 Å². The Morgan fingerprint density at radius 2 is 2.10 bits per heavy atom. The van der Waals surface area contributed by atoms with Crippen LogP contribution >= 0.6 is 0 Å². The van der Waals surface area contributed by atoms with Gasteiger partial charge in [0.15, 0.2) is 11.6 Å². The van der Waals surface area contributed by atoms with Gasteiger partial charge in [-0.1, -0.05) is 18.9 Å². The summed E-state index contributed by atoms with van der Waals surface area (Å²) in [4.78, 5) is 11.9. The molecule has 0 aliphatic heterocycles. The van der Waals surface area contributed by atoms with Gasteiger partial charge < -0.3 is 20.8 Å². The molecule has 0 aromatic heterocycles. The molecule has 1 aliphatic carbocycles. The Kier molecular flexibility index (Phi) is 5.38. The van der Waals surface area contributed by atoms with Crippen LogP contribution in [0.25, 0.3) is 0 Å². The van der Waals surface area contributed by atoms with E-state index in [0.29, 0.717) is 5.56 Å². The number of carbonyl (C=O) groups excluding carboxylic acids is 1. The predicted molar refractivity (Wildman–Crippen MR) is 76.3 cm³/mol. The molecule has 0 saturated heterocycles. The first-order chi connectivity index (χ1) is 10.1. The SMILES string of the molecule is O=C(NCc1ccc(O)c(F)c1)NC1CCCCC1CO. The van der Waals surface area contributed by atoms with Gasteiger partial charge in [0.2, 0.25) is 0 Å². The van der Waals surface area contributed by atoms with E-state index in [-0.39, 0.29) is 31.1 Å². The summed E-state index contributed by atoms with van der Waals surface area (Å²) in [5.41, 5.74) is 0.572. The lowest BCUT2D eigenvalue weighted by molar-refractivity contribution is 0.153. The molecule has 2 atom stereocenters. The number of benzene rings is 1. The second-order valence-electron chi connectivity index (χ2n) is 5.45. The van der Waals surface area contributed by atoms with Gasteiger partial charge in [-0.3, -0.25) is 0 Å². The van der Waals surface area contributed by atoms with Crippen LogP contribution in [0.15, 0.2) is 18.2 Å². The van der Waals surface area contributed by atoms with Crippen LogP contribution in [0.2, 0.25) is 0 Å². The highest BCUT2D eigenvalue weighted by Crippen LogP contribution is 2.23. The van der Waals surface area contributed by atoms with Crippen LogP contribution in [0.3, 0.4) is 0 Å². The third-order valence-electron chi connectivity index (χ3n) is 3.93. The number of carbonyl (C=O) groups is 1. The third kappa shape index (κ3) is 4.32. The number of aliphatic hydroxyl groups is 1. The van der Waals surface area contributed by atoms with Crippen LogP contribution in [0.4, 0.5) is 9.18 Å². The molecule has 0 bridgehead atoms. The van der Waals surface area contributed by atoms with Crippen LogP contribution in [0.1, 0.15) is 31.2 Å². The summed E-state index contributed by atoms with van der Waals surface area (Å²) < 4.78 is 13.2. The minimum absolute atomic E-state index is 0.0136. The number of aliphatic hydroxyl groups excluding tert-OH is 1. The van der Waals surface area contributed by atoms with Crippen molar-refractivity contribution >= 4 is 6.03 Å². The maximum Gasteiger partial charge on any atom is 0.315 e. The highest BCUT2D eigenvalue weighted by Gasteiger charge is 2.25. The summed E-state index contributed by atoms with van der Waals surface area (Å²) >= 11 is 0. The summed E-state index contributed by atoms with van der Waals surface area (Å²) in [6, 6.07) is 3.66. The lowest BCUT2D eigenvalue weighted by Gasteiger charge is -2.30. The van der Waals surface area contributed by atoms with Gasteiger partial charge in [-0.25, -0.2) is 9.18 Å². The monoisotopic (exact) mass is 296 g/mol. The molecule has 5 nitrogen and oxygen atoms in total. The molecule has 21 heavy (non-hydrogen) atoms. The molecule has 6 heteroatoms. The minimum Gasteiger partial charge on any atom is -0.505 e. The normalized spacial score (nSPS) is 21.8. The molecule has 116 valence electrons. The molecule has 4 N–H and O–H groups in total. The van der Waals surface area contributed by atoms with Crippen LogP contribution in [0, 0.1) is 11.7 Å². The van der Waals surface area contributed by atoms with E-state index in [4.69, 9.17) is 5.11 Å². The standard InChI is InChI=1S/C15H21FN2O3/c16-12-7-10(5-6-14(12)20)8-17-15(21)18-13-4-2-1-3-11(13)9-19/h5-7,11,13,19-20H,1-4,8-9H2,(H2,17,18,21). The average molecular weight is 296 g/mol. The fraction of sp³-hybridized carbons (Fsp3) is 0.533. The fourth-order valence-corrected chi connectivity index (χ4v) is 2.68. The lowest BCUT2D eigenvalue weighted by Crippen LogP contribution is -2.47. The molecule has 2 rings (SSSR count). The van der Waals surface area contributed by atoms with Gasteiger partial charge >= 0.3 is 6.03 Å². The van der Waals surface area contributed by atoms with E-state index >= 15 is 0 Å². The van der Waals surface area contributed by atoms with Crippen LogP contribution in [-0.4, -0.2) is 28.9 Å². The number of rotatable bonds is 4.